The number of nitrogens with one attached hydrogen (secondary N) is 2. The van der Waals surface area contributed by atoms with Gasteiger partial charge in [0.1, 0.15) is 5.84 Å². The number of nitrogens with two attached hydrogens (primary N) is 1. The van der Waals surface area contributed by atoms with Crippen LogP contribution in [0, 0.1) is 5.41 Å². The van der Waals surface area contributed by atoms with Gasteiger partial charge in [0.25, 0.3) is 5.91 Å². The van der Waals surface area contributed by atoms with E-state index in [2.05, 4.69) is 5.32 Å². The van der Waals surface area contributed by atoms with Crippen molar-refractivity contribution < 1.29 is 14.7 Å². The van der Waals surface area contributed by atoms with Gasteiger partial charge < -0.3 is 16.2 Å². The highest BCUT2D eigenvalue weighted by molar-refractivity contribution is 6.04. The average Bonchev–Trinajstić information content (AvgIpc) is 2.55. The van der Waals surface area contributed by atoms with Gasteiger partial charge in [-0.25, -0.2) is 4.79 Å². The minimum atomic E-state index is -0.981. The second kappa shape index (κ2) is 7.23. The van der Waals surface area contributed by atoms with Crippen LogP contribution in [0.25, 0.3) is 6.08 Å². The maximum absolute atomic E-state index is 12.2. The predicted molar refractivity (Wildman–Crippen MR) is 93.1 cm³/mol. The second-order valence-electron chi connectivity index (χ2n) is 5.20. The third-order valence-electron chi connectivity index (χ3n) is 3.35. The lowest BCUT2D eigenvalue weighted by molar-refractivity contribution is -0.132. The Balaban J connectivity index is 2.08. The quantitative estimate of drug-likeness (QED) is 0.384. The van der Waals surface area contributed by atoms with Crippen molar-refractivity contribution in [2.24, 2.45) is 5.73 Å². The van der Waals surface area contributed by atoms with Gasteiger partial charge in [-0.3, -0.25) is 10.2 Å². The van der Waals surface area contributed by atoms with Crippen LogP contribution in [-0.4, -0.2) is 22.8 Å². The number of benzene rings is 2. The van der Waals surface area contributed by atoms with Gasteiger partial charge in [-0.15, -0.1) is 0 Å². The van der Waals surface area contributed by atoms with Crippen LogP contribution in [-0.2, 0) is 4.79 Å². The number of aliphatic carboxylic acids is 1. The Kier molecular flexibility index (Phi) is 5.11. The molecule has 2 rings (SSSR count). The molecule has 24 heavy (non-hydrogen) atoms. The summed E-state index contributed by atoms with van der Waals surface area (Å²) in [7, 11) is 0. The number of amidine groups is 1. The maximum Gasteiger partial charge on any atom is 0.331 e. The molecule has 0 unspecified atom stereocenters. The summed E-state index contributed by atoms with van der Waals surface area (Å²) in [4.78, 5) is 23.0. The molecule has 0 saturated carbocycles. The van der Waals surface area contributed by atoms with Crippen molar-refractivity contribution in [1.82, 2.24) is 0 Å². The van der Waals surface area contributed by atoms with Crippen molar-refractivity contribution in [3.05, 3.63) is 70.8 Å². The summed E-state index contributed by atoms with van der Waals surface area (Å²) >= 11 is 0. The van der Waals surface area contributed by atoms with E-state index in [1.165, 1.54) is 13.0 Å². The molecule has 0 spiro atoms. The lowest BCUT2D eigenvalue weighted by Crippen LogP contribution is -2.13. The number of carbonyl (C=O) groups excluding carboxylic acids is 1. The largest absolute Gasteiger partial charge is 0.478 e. The molecular weight excluding hydrogens is 306 g/mol. The molecular formula is C18H17N3O3. The van der Waals surface area contributed by atoms with Gasteiger partial charge in [0.05, 0.1) is 0 Å². The summed E-state index contributed by atoms with van der Waals surface area (Å²) in [5.41, 5.74) is 7.93. The summed E-state index contributed by atoms with van der Waals surface area (Å²) in [5.74, 6) is -1.30. The Bertz CT molecular complexity index is 806. The van der Waals surface area contributed by atoms with Gasteiger partial charge in [-0.2, -0.15) is 0 Å². The highest BCUT2D eigenvalue weighted by atomic mass is 16.4. The Labute approximate surface area is 139 Å². The maximum atomic E-state index is 12.2. The highest BCUT2D eigenvalue weighted by Crippen LogP contribution is 2.13. The molecule has 2 aromatic carbocycles. The van der Waals surface area contributed by atoms with Crippen molar-refractivity contribution in [3.63, 3.8) is 0 Å². The Morgan fingerprint density at radius 2 is 1.58 bits per heavy atom. The first-order valence-electron chi connectivity index (χ1n) is 7.14. The molecule has 6 heteroatoms. The number of anilines is 1. The molecule has 0 radical (unpaired) electrons. The first-order valence-corrected chi connectivity index (χ1v) is 7.14. The SMILES string of the molecule is CC(=Cc1ccc(C(=O)Nc2ccc(C(=N)N)cc2)cc1)C(=O)O. The Morgan fingerprint density at radius 1 is 1.04 bits per heavy atom. The summed E-state index contributed by atoms with van der Waals surface area (Å²) in [6.07, 6.45) is 1.53. The minimum absolute atomic E-state index is 0.0341. The van der Waals surface area contributed by atoms with Crippen LogP contribution in [0.5, 0.6) is 0 Å². The highest BCUT2D eigenvalue weighted by Gasteiger charge is 2.07. The van der Waals surface area contributed by atoms with Gasteiger partial charge in [0, 0.05) is 22.4 Å². The van der Waals surface area contributed by atoms with E-state index >= 15 is 0 Å². The lowest BCUT2D eigenvalue weighted by atomic mass is 10.1. The van der Waals surface area contributed by atoms with Gasteiger partial charge in [-0.05, 0) is 55.0 Å². The van der Waals surface area contributed by atoms with Crippen LogP contribution in [0.3, 0.4) is 0 Å². The number of carbonyl (C=O) groups is 2. The van der Waals surface area contributed by atoms with E-state index in [4.69, 9.17) is 16.2 Å². The summed E-state index contributed by atoms with van der Waals surface area (Å²) < 4.78 is 0. The molecule has 0 aliphatic carbocycles. The molecule has 0 aliphatic heterocycles. The molecule has 0 atom stereocenters. The molecule has 0 saturated heterocycles. The standard InChI is InChI=1S/C18H17N3O3/c1-11(18(23)24)10-12-2-4-14(5-3-12)17(22)21-15-8-6-13(7-9-15)16(19)20/h2-10H,1H3,(H3,19,20)(H,21,22)(H,23,24). The van der Waals surface area contributed by atoms with Gasteiger partial charge in [0.2, 0.25) is 0 Å². The van der Waals surface area contributed by atoms with Crippen LogP contribution < -0.4 is 11.1 Å². The smallest absolute Gasteiger partial charge is 0.331 e. The Morgan fingerprint density at radius 3 is 2.08 bits per heavy atom. The fourth-order valence-corrected chi connectivity index (χ4v) is 1.98. The lowest BCUT2D eigenvalue weighted by Gasteiger charge is -2.06. The van der Waals surface area contributed by atoms with Crippen molar-refractivity contribution in [3.8, 4) is 0 Å². The number of carboxylic acid groups (broad SMARTS) is 1. The fourth-order valence-electron chi connectivity index (χ4n) is 1.98. The van der Waals surface area contributed by atoms with Gasteiger partial charge in [0.15, 0.2) is 0 Å². The Hall–Kier alpha value is -3.41. The van der Waals surface area contributed by atoms with E-state index in [1.807, 2.05) is 0 Å². The number of carboxylic acids is 1. The molecule has 0 heterocycles. The first kappa shape index (κ1) is 17.0. The molecule has 1 amide bonds. The van der Waals surface area contributed by atoms with Crippen molar-refractivity contribution in [2.45, 2.75) is 6.92 Å². The number of nitrogen functional groups attached to an aromatic ring is 1. The van der Waals surface area contributed by atoms with Crippen LogP contribution in [0.2, 0.25) is 0 Å². The molecule has 0 aromatic heterocycles. The molecule has 0 fully saturated rings. The molecule has 6 nitrogen and oxygen atoms in total. The molecule has 5 N–H and O–H groups in total. The predicted octanol–water partition coefficient (Wildman–Crippen LogP) is 2.71. The summed E-state index contributed by atoms with van der Waals surface area (Å²) in [5, 5.41) is 18.9. The van der Waals surface area contributed by atoms with Crippen LogP contribution in [0.4, 0.5) is 5.69 Å². The van der Waals surface area contributed by atoms with E-state index in [-0.39, 0.29) is 17.3 Å². The van der Waals surface area contributed by atoms with Crippen LogP contribution in [0.15, 0.2) is 54.1 Å². The topological polar surface area (TPSA) is 116 Å². The van der Waals surface area contributed by atoms with E-state index in [0.717, 1.165) is 0 Å². The fraction of sp³-hybridized carbons (Fsp3) is 0.0556. The van der Waals surface area contributed by atoms with Crippen molar-refractivity contribution in [2.75, 3.05) is 5.32 Å². The number of amides is 1. The van der Waals surface area contributed by atoms with Crippen molar-refractivity contribution >= 4 is 29.5 Å². The molecule has 2 aromatic rings. The normalized spacial score (nSPS) is 11.0. The van der Waals surface area contributed by atoms with E-state index in [0.29, 0.717) is 22.4 Å². The average molecular weight is 323 g/mol. The second-order valence-corrected chi connectivity index (χ2v) is 5.20. The zero-order valence-electron chi connectivity index (χ0n) is 13.0. The monoisotopic (exact) mass is 323 g/mol. The third-order valence-corrected chi connectivity index (χ3v) is 3.35. The van der Waals surface area contributed by atoms with E-state index in [9.17, 15) is 9.59 Å². The minimum Gasteiger partial charge on any atom is -0.478 e. The third kappa shape index (κ3) is 4.30. The molecule has 122 valence electrons. The van der Waals surface area contributed by atoms with E-state index in [1.54, 1.807) is 48.5 Å². The van der Waals surface area contributed by atoms with Gasteiger partial charge in [-0.1, -0.05) is 12.1 Å². The zero-order valence-corrected chi connectivity index (χ0v) is 13.0. The van der Waals surface area contributed by atoms with E-state index < -0.39 is 5.97 Å². The number of rotatable bonds is 5. The number of hydrogen-bond donors (Lipinski definition) is 4. The van der Waals surface area contributed by atoms with Gasteiger partial charge >= 0.3 is 5.97 Å². The first-order chi connectivity index (χ1) is 11.4. The summed E-state index contributed by atoms with van der Waals surface area (Å²) in [6, 6.07) is 13.3. The van der Waals surface area contributed by atoms with Crippen LogP contribution in [0.1, 0.15) is 28.4 Å². The summed E-state index contributed by atoms with van der Waals surface area (Å²) in [6.45, 7) is 1.51. The molecule has 0 aliphatic rings. The van der Waals surface area contributed by atoms with Crippen molar-refractivity contribution in [1.29, 1.82) is 5.41 Å². The number of hydrogen-bond acceptors (Lipinski definition) is 3. The molecule has 0 bridgehead atoms. The van der Waals surface area contributed by atoms with Crippen LogP contribution >= 0.6 is 0 Å². The zero-order chi connectivity index (χ0) is 17.7.